The van der Waals surface area contributed by atoms with E-state index in [9.17, 15) is 8.78 Å². The molecular formula is C32H48F2N4O2. The van der Waals surface area contributed by atoms with Gasteiger partial charge >= 0.3 is 6.55 Å². The third kappa shape index (κ3) is 11.1. The van der Waals surface area contributed by atoms with Crippen molar-refractivity contribution in [3.63, 3.8) is 0 Å². The van der Waals surface area contributed by atoms with Crippen molar-refractivity contribution in [3.05, 3.63) is 85.6 Å². The smallest absolute Gasteiger partial charge is 0.327 e. The van der Waals surface area contributed by atoms with Crippen molar-refractivity contribution in [2.45, 2.75) is 78.9 Å². The molecule has 1 saturated carbocycles. The van der Waals surface area contributed by atoms with Crippen LogP contribution in [0.4, 0.5) is 8.78 Å². The second-order valence-electron chi connectivity index (χ2n) is 8.66. The van der Waals surface area contributed by atoms with E-state index < -0.39 is 6.55 Å². The van der Waals surface area contributed by atoms with Crippen LogP contribution in [0.5, 0.6) is 0 Å². The van der Waals surface area contributed by atoms with Crippen molar-refractivity contribution < 1.29 is 18.4 Å². The van der Waals surface area contributed by atoms with Gasteiger partial charge in [0.05, 0.1) is 5.70 Å². The molecule has 1 aromatic carbocycles. The van der Waals surface area contributed by atoms with Gasteiger partial charge in [0, 0.05) is 24.6 Å². The summed E-state index contributed by atoms with van der Waals surface area (Å²) in [6.45, 7) is 18.0. The summed E-state index contributed by atoms with van der Waals surface area (Å²) >= 11 is 0. The van der Waals surface area contributed by atoms with Gasteiger partial charge in [0.15, 0.2) is 0 Å². The third-order valence-electron chi connectivity index (χ3n) is 6.30. The predicted molar refractivity (Wildman–Crippen MR) is 163 cm³/mol. The number of hydrazine groups is 1. The molecule has 5 rings (SSSR count). The van der Waals surface area contributed by atoms with Crippen molar-refractivity contribution in [2.24, 2.45) is 5.92 Å². The molecule has 1 aliphatic carbocycles. The van der Waals surface area contributed by atoms with Crippen molar-refractivity contribution in [2.75, 3.05) is 6.54 Å². The minimum absolute atomic E-state index is 0.0958. The minimum atomic E-state index is -2.54. The number of carbonyl (C=O) groups is 2. The fourth-order valence-corrected chi connectivity index (χ4v) is 4.46. The first-order chi connectivity index (χ1) is 19.5. The van der Waals surface area contributed by atoms with E-state index in [2.05, 4.69) is 35.6 Å². The summed E-state index contributed by atoms with van der Waals surface area (Å²) < 4.78 is 25.3. The average Bonchev–Trinajstić information content (AvgIpc) is 3.62. The van der Waals surface area contributed by atoms with Crippen molar-refractivity contribution in [1.82, 2.24) is 20.7 Å². The second-order valence-corrected chi connectivity index (χ2v) is 8.66. The van der Waals surface area contributed by atoms with E-state index in [1.54, 1.807) is 0 Å². The number of rotatable bonds is 3. The molecule has 1 atom stereocenters. The molecule has 2 radical (unpaired) electrons. The molecule has 222 valence electrons. The lowest BCUT2D eigenvalue weighted by molar-refractivity contribution is -0.0987. The number of allylic oxidation sites excluding steroid dienone is 3. The molecule has 8 heteroatoms. The third-order valence-corrected chi connectivity index (χ3v) is 6.30. The Morgan fingerprint density at radius 2 is 1.45 bits per heavy atom. The van der Waals surface area contributed by atoms with Gasteiger partial charge in [0.2, 0.25) is 0 Å². The largest absolute Gasteiger partial charge is 0.366 e. The standard InChI is InChI=1S/C18H17F2N4.C8H15.2C2H6.2CH2O/c1-12-3-2-4-17-21-10-16(24(12)17)14-7-5-13(6-8-14)15-9-22-23(11-15)18(19)20;1-8-6-4-2-3-5-7-8;4*1-2/h2-8,10-11,17-18,21-22H,1,9H2;8H,1-7H2;2*1-2H3;2*1H2. The number of nitrogens with zero attached hydrogens (tertiary/aromatic N) is 2. The summed E-state index contributed by atoms with van der Waals surface area (Å²) in [6.07, 6.45) is 18.1. The highest BCUT2D eigenvalue weighted by atomic mass is 19.3. The van der Waals surface area contributed by atoms with Crippen molar-refractivity contribution in [3.8, 4) is 0 Å². The summed E-state index contributed by atoms with van der Waals surface area (Å²) in [5.41, 5.74) is 7.46. The predicted octanol–water partition coefficient (Wildman–Crippen LogP) is 7.36. The van der Waals surface area contributed by atoms with Gasteiger partial charge in [0.25, 0.3) is 0 Å². The van der Waals surface area contributed by atoms with E-state index >= 15 is 0 Å². The van der Waals surface area contributed by atoms with Gasteiger partial charge in [-0.1, -0.05) is 103 Å². The Morgan fingerprint density at radius 1 is 0.900 bits per heavy atom. The SMILES string of the molecule is C=O.C=O.CC.CC.[CH2]C1=CC=CC2NC=C(c3ccc(C4=CN(C(F)F)NC4)cc3)N12.[CH2]C1CCCCCC1. The van der Waals surface area contributed by atoms with Gasteiger partial charge in [-0.2, -0.15) is 8.78 Å². The Labute approximate surface area is 240 Å². The van der Waals surface area contributed by atoms with Crippen LogP contribution in [0.2, 0.25) is 0 Å². The normalized spacial score (nSPS) is 18.9. The lowest BCUT2D eigenvalue weighted by Crippen LogP contribution is -2.35. The van der Waals surface area contributed by atoms with Crippen LogP contribution in [0.1, 0.15) is 77.3 Å². The fraction of sp³-hybridized carbons (Fsp3) is 0.438. The molecule has 0 saturated heterocycles. The topological polar surface area (TPSA) is 64.7 Å². The van der Waals surface area contributed by atoms with Gasteiger partial charge in [-0.05, 0) is 41.7 Å². The van der Waals surface area contributed by atoms with Crippen molar-refractivity contribution in [1.29, 1.82) is 0 Å². The first kappa shape index (κ1) is 36.7. The number of nitrogens with one attached hydrogen (secondary N) is 2. The van der Waals surface area contributed by atoms with Crippen LogP contribution < -0.4 is 10.7 Å². The number of carbonyl (C=O) groups excluding carboxylic acids is 2. The molecule has 40 heavy (non-hydrogen) atoms. The van der Waals surface area contributed by atoms with Gasteiger partial charge in [-0.3, -0.25) is 5.01 Å². The molecule has 3 heterocycles. The van der Waals surface area contributed by atoms with E-state index in [0.29, 0.717) is 6.54 Å². The molecule has 0 aromatic heterocycles. The average molecular weight is 559 g/mol. The van der Waals surface area contributed by atoms with Crippen LogP contribution in [0.25, 0.3) is 11.3 Å². The summed E-state index contributed by atoms with van der Waals surface area (Å²) in [6, 6.07) is 7.92. The number of alkyl halides is 2. The number of fused-ring (bicyclic) bond motifs is 1. The number of benzene rings is 1. The minimum Gasteiger partial charge on any atom is -0.366 e. The van der Waals surface area contributed by atoms with Crippen molar-refractivity contribution >= 4 is 24.8 Å². The quantitative estimate of drug-likeness (QED) is 0.299. The van der Waals surface area contributed by atoms with Gasteiger partial charge < -0.3 is 19.8 Å². The zero-order chi connectivity index (χ0) is 30.5. The monoisotopic (exact) mass is 558 g/mol. The molecule has 1 aromatic rings. The zero-order valence-corrected chi connectivity index (χ0v) is 24.7. The summed E-state index contributed by atoms with van der Waals surface area (Å²) in [5, 5.41) is 4.14. The molecule has 0 spiro atoms. The van der Waals surface area contributed by atoms with Crippen LogP contribution >= 0.6 is 0 Å². The Balaban J connectivity index is 0.000000797. The maximum absolute atomic E-state index is 12.7. The molecule has 1 fully saturated rings. The number of hydrogen-bond donors (Lipinski definition) is 2. The molecule has 4 aliphatic rings. The number of halogens is 2. The maximum Gasteiger partial charge on any atom is 0.327 e. The van der Waals surface area contributed by atoms with Crippen LogP contribution in [0.3, 0.4) is 0 Å². The highest BCUT2D eigenvalue weighted by Crippen LogP contribution is 2.32. The Bertz CT molecular complexity index is 935. The highest BCUT2D eigenvalue weighted by Gasteiger charge is 2.27. The molecule has 0 bridgehead atoms. The van der Waals surface area contributed by atoms with E-state index in [0.717, 1.165) is 39.0 Å². The molecule has 0 amide bonds. The lowest BCUT2D eigenvalue weighted by Gasteiger charge is -2.30. The fourth-order valence-electron chi connectivity index (χ4n) is 4.46. The Hall–Kier alpha value is -3.26. The van der Waals surface area contributed by atoms with Crippen LogP contribution in [0.15, 0.2) is 60.6 Å². The number of hydrogen-bond acceptors (Lipinski definition) is 6. The highest BCUT2D eigenvalue weighted by molar-refractivity contribution is 5.73. The van der Waals surface area contributed by atoms with E-state index in [1.165, 1.54) is 44.7 Å². The first-order valence-electron chi connectivity index (χ1n) is 14.0. The van der Waals surface area contributed by atoms with E-state index in [-0.39, 0.29) is 6.17 Å². The van der Waals surface area contributed by atoms with E-state index in [1.807, 2.05) is 83.9 Å². The molecule has 3 aliphatic heterocycles. The van der Waals surface area contributed by atoms with Gasteiger partial charge in [-0.25, -0.2) is 5.43 Å². The summed E-state index contributed by atoms with van der Waals surface area (Å²) in [7, 11) is 0. The van der Waals surface area contributed by atoms with Crippen LogP contribution in [-0.4, -0.2) is 42.7 Å². The van der Waals surface area contributed by atoms with E-state index in [4.69, 9.17) is 9.59 Å². The molecule has 2 N–H and O–H groups in total. The Morgan fingerprint density at radius 3 is 1.98 bits per heavy atom. The molecule has 6 nitrogen and oxygen atoms in total. The van der Waals surface area contributed by atoms with Crippen LogP contribution in [-0.2, 0) is 9.59 Å². The summed E-state index contributed by atoms with van der Waals surface area (Å²) in [5.74, 6) is 0.775. The van der Waals surface area contributed by atoms with Gasteiger partial charge in [-0.15, -0.1) is 0 Å². The zero-order valence-electron chi connectivity index (χ0n) is 24.7. The van der Waals surface area contributed by atoms with Crippen LogP contribution in [0, 0.1) is 19.8 Å². The Kier molecular flexibility index (Phi) is 19.8. The lowest BCUT2D eigenvalue weighted by atomic mass is 10.0. The summed E-state index contributed by atoms with van der Waals surface area (Å²) in [4.78, 5) is 18.1. The molecular weight excluding hydrogens is 510 g/mol. The molecule has 1 unspecified atom stereocenters. The van der Waals surface area contributed by atoms with Gasteiger partial charge in [0.1, 0.15) is 19.7 Å². The second kappa shape index (κ2) is 21.5. The maximum atomic E-state index is 12.7. The first-order valence-corrected chi connectivity index (χ1v) is 14.0.